The van der Waals surface area contributed by atoms with Crippen molar-refractivity contribution in [2.45, 2.75) is 6.42 Å². The van der Waals surface area contributed by atoms with Crippen molar-refractivity contribution in [3.8, 4) is 0 Å². The van der Waals surface area contributed by atoms with E-state index in [9.17, 15) is 9.18 Å². The van der Waals surface area contributed by atoms with Gasteiger partial charge in [-0.1, -0.05) is 11.6 Å². The van der Waals surface area contributed by atoms with Gasteiger partial charge in [0.2, 0.25) is 5.91 Å². The van der Waals surface area contributed by atoms with Crippen molar-refractivity contribution in [1.29, 1.82) is 0 Å². The van der Waals surface area contributed by atoms with Gasteiger partial charge in [0.05, 0.1) is 11.6 Å². The number of carbonyl (C=O) groups excluding carboxylic acids is 1. The van der Waals surface area contributed by atoms with Crippen LogP contribution in [0.2, 0.25) is 5.02 Å². The number of hydrogen-bond donors (Lipinski definition) is 1. The average molecular weight is 363 g/mol. The van der Waals surface area contributed by atoms with Crippen molar-refractivity contribution in [1.82, 2.24) is 9.88 Å². The molecule has 2 aromatic rings. The number of pyridine rings is 1. The zero-order valence-corrected chi connectivity index (χ0v) is 14.5. The summed E-state index contributed by atoms with van der Waals surface area (Å²) in [6.45, 7) is 3.64. The Morgan fingerprint density at radius 3 is 2.64 bits per heavy atom. The summed E-state index contributed by atoms with van der Waals surface area (Å²) >= 11 is 5.79. The lowest BCUT2D eigenvalue weighted by atomic mass is 10.2. The smallest absolute Gasteiger partial charge is 0.239 e. The van der Waals surface area contributed by atoms with Gasteiger partial charge in [0.1, 0.15) is 11.6 Å². The Hall–Kier alpha value is -2.18. The maximum absolute atomic E-state index is 13.1. The Morgan fingerprint density at radius 2 is 1.92 bits per heavy atom. The van der Waals surface area contributed by atoms with Crippen LogP contribution in [0.3, 0.4) is 0 Å². The molecule has 0 saturated carbocycles. The largest absolute Gasteiger partial charge is 0.370 e. The summed E-state index contributed by atoms with van der Waals surface area (Å²) in [5.41, 5.74) is 1.01. The van der Waals surface area contributed by atoms with Gasteiger partial charge in [0, 0.05) is 38.1 Å². The van der Waals surface area contributed by atoms with Crippen molar-refractivity contribution in [2.24, 2.45) is 0 Å². The van der Waals surface area contributed by atoms with E-state index in [1.54, 1.807) is 24.3 Å². The summed E-state index contributed by atoms with van der Waals surface area (Å²) in [6, 6.07) is 9.92. The van der Waals surface area contributed by atoms with E-state index >= 15 is 0 Å². The van der Waals surface area contributed by atoms with Crippen LogP contribution in [-0.2, 0) is 4.79 Å². The summed E-state index contributed by atoms with van der Waals surface area (Å²) in [5, 5.41) is 3.31. The van der Waals surface area contributed by atoms with Crippen LogP contribution >= 0.6 is 11.6 Å². The van der Waals surface area contributed by atoms with Crippen LogP contribution in [0.1, 0.15) is 6.42 Å². The molecule has 1 aliphatic heterocycles. The number of hydrogen-bond acceptors (Lipinski definition) is 4. The summed E-state index contributed by atoms with van der Waals surface area (Å²) < 4.78 is 13.1. The van der Waals surface area contributed by atoms with Crippen LogP contribution in [0.4, 0.5) is 15.9 Å². The van der Waals surface area contributed by atoms with Crippen LogP contribution in [0.5, 0.6) is 0 Å². The quantitative estimate of drug-likeness (QED) is 0.908. The fraction of sp³-hybridized carbons (Fsp3) is 0.333. The maximum atomic E-state index is 13.1. The highest BCUT2D eigenvalue weighted by Crippen LogP contribution is 2.17. The maximum Gasteiger partial charge on any atom is 0.239 e. The van der Waals surface area contributed by atoms with Gasteiger partial charge in [0.25, 0.3) is 0 Å². The molecular weight excluding hydrogens is 343 g/mol. The number of aromatic nitrogens is 1. The molecule has 1 amide bonds. The highest BCUT2D eigenvalue weighted by atomic mass is 35.5. The zero-order chi connectivity index (χ0) is 17.6. The van der Waals surface area contributed by atoms with E-state index in [2.05, 4.69) is 20.1 Å². The van der Waals surface area contributed by atoms with Crippen LogP contribution in [0, 0.1) is 5.82 Å². The Kier molecular flexibility index (Phi) is 5.83. The van der Waals surface area contributed by atoms with Crippen LogP contribution in [0.25, 0.3) is 0 Å². The number of anilines is 2. The van der Waals surface area contributed by atoms with E-state index in [0.29, 0.717) is 17.4 Å². The third kappa shape index (κ3) is 5.14. The molecule has 25 heavy (non-hydrogen) atoms. The highest BCUT2D eigenvalue weighted by Gasteiger charge is 2.17. The Balaban J connectivity index is 1.51. The molecule has 2 heterocycles. The molecule has 7 heteroatoms. The Morgan fingerprint density at radius 1 is 1.12 bits per heavy atom. The van der Waals surface area contributed by atoms with Crippen molar-refractivity contribution in [2.75, 3.05) is 42.9 Å². The van der Waals surface area contributed by atoms with Gasteiger partial charge in [-0.05, 0) is 42.8 Å². The van der Waals surface area contributed by atoms with Gasteiger partial charge in [-0.15, -0.1) is 0 Å². The normalized spacial score (nSPS) is 15.7. The minimum absolute atomic E-state index is 0.0925. The number of halogens is 2. The molecule has 1 aromatic carbocycles. The molecule has 0 aliphatic carbocycles. The van der Waals surface area contributed by atoms with Crippen LogP contribution in [0.15, 0.2) is 42.6 Å². The van der Waals surface area contributed by atoms with Crippen molar-refractivity contribution >= 4 is 29.0 Å². The molecule has 1 aliphatic rings. The molecule has 1 fully saturated rings. The van der Waals surface area contributed by atoms with Gasteiger partial charge in [-0.3, -0.25) is 9.69 Å². The second kappa shape index (κ2) is 8.27. The predicted octanol–water partition coefficient (Wildman–Crippen LogP) is 3.02. The van der Waals surface area contributed by atoms with E-state index in [4.69, 9.17) is 11.6 Å². The fourth-order valence-corrected chi connectivity index (χ4v) is 2.99. The third-order valence-corrected chi connectivity index (χ3v) is 4.37. The number of benzene rings is 1. The molecule has 3 rings (SSSR count). The Bertz CT molecular complexity index is 708. The van der Waals surface area contributed by atoms with Gasteiger partial charge in [-0.2, -0.15) is 0 Å². The monoisotopic (exact) mass is 362 g/mol. The molecule has 0 radical (unpaired) electrons. The lowest BCUT2D eigenvalue weighted by Crippen LogP contribution is -2.36. The summed E-state index contributed by atoms with van der Waals surface area (Å²) in [5.74, 6) is 0.176. The SMILES string of the molecule is O=C(CN1CCCN(c2ccc(F)cc2)CC1)Nc1ccc(Cl)cn1. The van der Waals surface area contributed by atoms with E-state index in [0.717, 1.165) is 38.3 Å². The van der Waals surface area contributed by atoms with Gasteiger partial charge in [0.15, 0.2) is 0 Å². The van der Waals surface area contributed by atoms with E-state index in [1.165, 1.54) is 18.3 Å². The second-order valence-electron chi connectivity index (χ2n) is 6.00. The van der Waals surface area contributed by atoms with Crippen molar-refractivity contribution in [3.05, 3.63) is 53.4 Å². The standard InChI is InChI=1S/C18H20ClFN4O/c19-14-2-7-17(21-12-14)22-18(25)13-23-8-1-9-24(11-10-23)16-5-3-15(20)4-6-16/h2-7,12H,1,8-11,13H2,(H,21,22,25). The molecule has 0 spiro atoms. The number of carbonyl (C=O) groups is 1. The zero-order valence-electron chi connectivity index (χ0n) is 13.8. The lowest BCUT2D eigenvalue weighted by Gasteiger charge is -2.23. The van der Waals surface area contributed by atoms with Crippen LogP contribution in [-0.4, -0.2) is 48.5 Å². The molecule has 0 unspecified atom stereocenters. The Labute approximate surface area is 151 Å². The average Bonchev–Trinajstić information content (AvgIpc) is 2.83. The molecule has 132 valence electrons. The summed E-state index contributed by atoms with van der Waals surface area (Å²) in [6.07, 6.45) is 2.45. The lowest BCUT2D eigenvalue weighted by molar-refractivity contribution is -0.117. The molecular formula is C18H20ClFN4O. The first-order chi connectivity index (χ1) is 12.1. The highest BCUT2D eigenvalue weighted by molar-refractivity contribution is 6.30. The first-order valence-corrected chi connectivity index (χ1v) is 8.62. The molecule has 0 atom stereocenters. The molecule has 5 nitrogen and oxygen atoms in total. The minimum atomic E-state index is -0.229. The molecule has 1 aromatic heterocycles. The summed E-state index contributed by atoms with van der Waals surface area (Å²) in [4.78, 5) is 20.6. The first kappa shape index (κ1) is 17.6. The van der Waals surface area contributed by atoms with Gasteiger partial charge >= 0.3 is 0 Å². The second-order valence-corrected chi connectivity index (χ2v) is 6.44. The van der Waals surface area contributed by atoms with Crippen LogP contribution < -0.4 is 10.2 Å². The van der Waals surface area contributed by atoms with E-state index in [1.807, 2.05) is 0 Å². The van der Waals surface area contributed by atoms with E-state index < -0.39 is 0 Å². The van der Waals surface area contributed by atoms with Gasteiger partial charge < -0.3 is 10.2 Å². The number of amides is 1. The van der Waals surface area contributed by atoms with Gasteiger partial charge in [-0.25, -0.2) is 9.37 Å². The first-order valence-electron chi connectivity index (χ1n) is 8.24. The summed E-state index contributed by atoms with van der Waals surface area (Å²) in [7, 11) is 0. The van der Waals surface area contributed by atoms with Crippen molar-refractivity contribution in [3.63, 3.8) is 0 Å². The molecule has 1 N–H and O–H groups in total. The molecule has 0 bridgehead atoms. The third-order valence-electron chi connectivity index (χ3n) is 4.14. The number of nitrogens with zero attached hydrogens (tertiary/aromatic N) is 3. The predicted molar refractivity (Wildman–Crippen MR) is 97.5 cm³/mol. The number of rotatable bonds is 4. The van der Waals surface area contributed by atoms with E-state index in [-0.39, 0.29) is 11.7 Å². The number of nitrogens with one attached hydrogen (secondary N) is 1. The van der Waals surface area contributed by atoms with Crippen molar-refractivity contribution < 1.29 is 9.18 Å². The minimum Gasteiger partial charge on any atom is -0.370 e. The topological polar surface area (TPSA) is 48.5 Å². The fourth-order valence-electron chi connectivity index (χ4n) is 2.87. The molecule has 1 saturated heterocycles.